The molecule has 1 amide bonds. The molecule has 3 rings (SSSR count). The molecule has 0 spiro atoms. The van der Waals surface area contributed by atoms with Crippen LogP contribution in [0.5, 0.6) is 0 Å². The van der Waals surface area contributed by atoms with E-state index in [9.17, 15) is 14.0 Å². The van der Waals surface area contributed by atoms with E-state index < -0.39 is 11.8 Å². The van der Waals surface area contributed by atoms with Crippen LogP contribution >= 0.6 is 0 Å². The van der Waals surface area contributed by atoms with Crippen LogP contribution in [0.15, 0.2) is 30.6 Å². The number of aromatic nitrogens is 2. The maximum Gasteiger partial charge on any atom is 0.409 e. The third kappa shape index (κ3) is 6.36. The number of anilines is 1. The molecule has 4 N–H and O–H groups in total. The largest absolute Gasteiger partial charge is 0.460 e. The molecule has 0 unspecified atom stereocenters. The second kappa shape index (κ2) is 10.9. The third-order valence-corrected chi connectivity index (χ3v) is 4.27. The highest BCUT2D eigenvalue weighted by atomic mass is 19.1. The lowest BCUT2D eigenvalue weighted by atomic mass is 10.1. The lowest BCUT2D eigenvalue weighted by Gasteiger charge is -2.13. The van der Waals surface area contributed by atoms with Crippen LogP contribution in [0.2, 0.25) is 0 Å². The van der Waals surface area contributed by atoms with Crippen molar-refractivity contribution in [2.24, 2.45) is 5.73 Å². The molecule has 1 aromatic carbocycles. The van der Waals surface area contributed by atoms with Gasteiger partial charge in [-0.15, -0.1) is 0 Å². The standard InChI is InChI=1S/C19H21FN6O4.CH4/c20-17-12(11-30-16(27)8-15(21)22)2-1-3-14(17)13-9-24-18(25-10-13)23-4-5-26-6-7-29-19(26)28;/h1-3,9-10H,4-8,11H2,(H3,21,22)(H,23,24,25);1H4. The van der Waals surface area contributed by atoms with Gasteiger partial charge in [0.2, 0.25) is 5.95 Å². The molecule has 31 heavy (non-hydrogen) atoms. The number of cyclic esters (lactones) is 1. The molecule has 2 aromatic rings. The topological polar surface area (TPSA) is 144 Å². The highest BCUT2D eigenvalue weighted by Crippen LogP contribution is 2.25. The van der Waals surface area contributed by atoms with Gasteiger partial charge in [-0.25, -0.2) is 19.2 Å². The van der Waals surface area contributed by atoms with Crippen molar-refractivity contribution in [2.75, 3.05) is 31.6 Å². The zero-order valence-electron chi connectivity index (χ0n) is 16.1. The molecular weight excluding hydrogens is 407 g/mol. The molecule has 1 aromatic heterocycles. The highest BCUT2D eigenvalue weighted by Gasteiger charge is 2.21. The fraction of sp³-hybridized carbons (Fsp3) is 0.350. The van der Waals surface area contributed by atoms with Crippen LogP contribution in [0, 0.1) is 11.2 Å². The molecule has 2 heterocycles. The van der Waals surface area contributed by atoms with Gasteiger partial charge in [-0.05, 0) is 0 Å². The van der Waals surface area contributed by atoms with Crippen molar-refractivity contribution in [2.45, 2.75) is 20.5 Å². The molecule has 1 aliphatic heterocycles. The second-order valence-corrected chi connectivity index (χ2v) is 6.46. The quantitative estimate of drug-likeness (QED) is 0.311. The summed E-state index contributed by atoms with van der Waals surface area (Å²) in [4.78, 5) is 32.8. The number of hydrogen-bond acceptors (Lipinski definition) is 8. The number of amidine groups is 1. The van der Waals surface area contributed by atoms with E-state index >= 15 is 0 Å². The first-order valence-corrected chi connectivity index (χ1v) is 9.18. The van der Waals surface area contributed by atoms with Crippen LogP contribution < -0.4 is 11.1 Å². The molecule has 0 atom stereocenters. The van der Waals surface area contributed by atoms with Gasteiger partial charge < -0.3 is 25.4 Å². The van der Waals surface area contributed by atoms with E-state index in [1.165, 1.54) is 18.5 Å². The Bertz CT molecular complexity index is 938. The minimum Gasteiger partial charge on any atom is -0.460 e. The van der Waals surface area contributed by atoms with Crippen molar-refractivity contribution in [3.63, 3.8) is 0 Å². The summed E-state index contributed by atoms with van der Waals surface area (Å²) in [5, 5.41) is 10.1. The van der Waals surface area contributed by atoms with E-state index in [1.807, 2.05) is 0 Å². The van der Waals surface area contributed by atoms with Gasteiger partial charge in [-0.1, -0.05) is 25.6 Å². The highest BCUT2D eigenvalue weighted by molar-refractivity contribution is 5.94. The zero-order chi connectivity index (χ0) is 21.5. The number of carbonyl (C=O) groups is 2. The predicted octanol–water partition coefficient (Wildman–Crippen LogP) is 2.15. The smallest absolute Gasteiger partial charge is 0.409 e. The van der Waals surface area contributed by atoms with E-state index in [2.05, 4.69) is 15.3 Å². The first-order valence-electron chi connectivity index (χ1n) is 9.18. The molecule has 10 nitrogen and oxygen atoms in total. The molecule has 11 heteroatoms. The summed E-state index contributed by atoms with van der Waals surface area (Å²) in [5.41, 5.74) is 6.05. The number of rotatable bonds is 9. The maximum absolute atomic E-state index is 14.8. The van der Waals surface area contributed by atoms with E-state index in [1.54, 1.807) is 17.0 Å². The number of esters is 1. The molecule has 166 valence electrons. The van der Waals surface area contributed by atoms with Crippen molar-refractivity contribution < 1.29 is 23.5 Å². The fourth-order valence-corrected chi connectivity index (χ4v) is 2.77. The number of halogens is 1. The third-order valence-electron chi connectivity index (χ3n) is 4.27. The molecule has 0 saturated carbocycles. The zero-order valence-corrected chi connectivity index (χ0v) is 16.1. The van der Waals surface area contributed by atoms with Crippen LogP contribution in [-0.2, 0) is 20.9 Å². The number of hydrogen-bond donors (Lipinski definition) is 3. The Morgan fingerprint density at radius 3 is 2.74 bits per heavy atom. The first-order chi connectivity index (χ1) is 14.4. The van der Waals surface area contributed by atoms with Crippen molar-refractivity contribution >= 4 is 23.8 Å². The second-order valence-electron chi connectivity index (χ2n) is 6.46. The van der Waals surface area contributed by atoms with Gasteiger partial charge in [0, 0.05) is 42.2 Å². The SMILES string of the molecule is C.N=C(N)CC(=O)OCc1cccc(-c2cnc(NCCN3CCOC3=O)nc2)c1F. The Kier molecular flexibility index (Phi) is 8.24. The van der Waals surface area contributed by atoms with E-state index in [4.69, 9.17) is 20.6 Å². The average Bonchev–Trinajstić information content (AvgIpc) is 3.12. The Hall–Kier alpha value is -3.76. The van der Waals surface area contributed by atoms with Gasteiger partial charge in [0.05, 0.1) is 6.54 Å². The number of nitrogens with zero attached hydrogens (tertiary/aromatic N) is 3. The van der Waals surface area contributed by atoms with Crippen LogP contribution in [0.1, 0.15) is 19.4 Å². The molecule has 0 aliphatic carbocycles. The minimum absolute atomic E-state index is 0. The summed E-state index contributed by atoms with van der Waals surface area (Å²) < 4.78 is 24.6. The van der Waals surface area contributed by atoms with E-state index in [0.29, 0.717) is 37.8 Å². The molecule has 1 fully saturated rings. The molecule has 0 radical (unpaired) electrons. The normalized spacial score (nSPS) is 12.7. The summed E-state index contributed by atoms with van der Waals surface area (Å²) in [6.07, 6.45) is 2.27. The molecule has 0 bridgehead atoms. The molecule has 1 aliphatic rings. The van der Waals surface area contributed by atoms with Gasteiger partial charge >= 0.3 is 12.1 Å². The van der Waals surface area contributed by atoms with Gasteiger partial charge in [0.15, 0.2) is 0 Å². The van der Waals surface area contributed by atoms with Crippen molar-refractivity contribution in [3.05, 3.63) is 42.0 Å². The van der Waals surface area contributed by atoms with E-state index in [0.717, 1.165) is 0 Å². The van der Waals surface area contributed by atoms with Gasteiger partial charge in [-0.3, -0.25) is 10.2 Å². The lowest BCUT2D eigenvalue weighted by Crippen LogP contribution is -2.30. The van der Waals surface area contributed by atoms with Crippen molar-refractivity contribution in [1.29, 1.82) is 5.41 Å². The minimum atomic E-state index is -0.701. The Balaban J connectivity index is 0.00000341. The number of nitrogens with one attached hydrogen (secondary N) is 2. The number of benzene rings is 1. The van der Waals surface area contributed by atoms with Crippen molar-refractivity contribution in [1.82, 2.24) is 14.9 Å². The van der Waals surface area contributed by atoms with Crippen LogP contribution in [0.3, 0.4) is 0 Å². The van der Waals surface area contributed by atoms with Gasteiger partial charge in [0.1, 0.15) is 31.3 Å². The summed E-state index contributed by atoms with van der Waals surface area (Å²) >= 11 is 0. The summed E-state index contributed by atoms with van der Waals surface area (Å²) in [6, 6.07) is 4.70. The number of nitrogens with two attached hydrogens (primary N) is 1. The number of carbonyl (C=O) groups excluding carboxylic acids is 2. The van der Waals surface area contributed by atoms with Gasteiger partial charge in [0.25, 0.3) is 0 Å². The van der Waals surface area contributed by atoms with E-state index in [-0.39, 0.29) is 43.5 Å². The maximum atomic E-state index is 14.8. The first kappa shape index (κ1) is 23.5. The number of amides is 1. The summed E-state index contributed by atoms with van der Waals surface area (Å²) in [6.45, 7) is 1.59. The fourth-order valence-electron chi connectivity index (χ4n) is 2.77. The van der Waals surface area contributed by atoms with Crippen LogP contribution in [0.25, 0.3) is 11.1 Å². The number of ether oxygens (including phenoxy) is 2. The predicted molar refractivity (Wildman–Crippen MR) is 112 cm³/mol. The van der Waals surface area contributed by atoms with Crippen molar-refractivity contribution in [3.8, 4) is 11.1 Å². The summed E-state index contributed by atoms with van der Waals surface area (Å²) in [5.74, 6) is -1.22. The Labute approximate surface area is 179 Å². The lowest BCUT2D eigenvalue weighted by molar-refractivity contribution is -0.143. The Morgan fingerprint density at radius 1 is 1.35 bits per heavy atom. The summed E-state index contributed by atoms with van der Waals surface area (Å²) in [7, 11) is 0. The monoisotopic (exact) mass is 432 g/mol. The molecule has 1 saturated heterocycles. The van der Waals surface area contributed by atoms with Gasteiger partial charge in [-0.2, -0.15) is 0 Å². The van der Waals surface area contributed by atoms with Crippen LogP contribution in [0.4, 0.5) is 15.1 Å². The Morgan fingerprint density at radius 2 is 2.10 bits per heavy atom. The average molecular weight is 432 g/mol. The molecular formula is C20H25FN6O4. The van der Waals surface area contributed by atoms with Crippen LogP contribution in [-0.4, -0.2) is 59.0 Å².